The van der Waals surface area contributed by atoms with Gasteiger partial charge in [0.25, 0.3) is 0 Å². The average Bonchev–Trinajstić information content (AvgIpc) is 3.49. The summed E-state index contributed by atoms with van der Waals surface area (Å²) in [6.45, 7) is 12.3. The van der Waals surface area contributed by atoms with E-state index in [1.54, 1.807) is 84.9 Å². The first-order valence-corrected chi connectivity index (χ1v) is 26.1. The van der Waals surface area contributed by atoms with Gasteiger partial charge in [-0.25, -0.2) is 33.6 Å². The molecule has 0 atom stereocenters. The first-order valence-electron chi connectivity index (χ1n) is 26.1. The van der Waals surface area contributed by atoms with Gasteiger partial charge in [0.15, 0.2) is 0 Å². The molecular formula is C62H66O17. The molecule has 0 heterocycles. The van der Waals surface area contributed by atoms with E-state index in [4.69, 9.17) is 47.4 Å². The zero-order valence-corrected chi connectivity index (χ0v) is 44.2. The molecule has 0 radical (unpaired) electrons. The second-order valence-corrected chi connectivity index (χ2v) is 17.5. The van der Waals surface area contributed by atoms with Gasteiger partial charge in [-0.15, -0.1) is 0 Å². The highest BCUT2D eigenvalue weighted by atomic mass is 16.6. The van der Waals surface area contributed by atoms with Crippen molar-refractivity contribution in [3.8, 4) is 34.5 Å². The molecule has 0 bridgehead atoms. The molecule has 0 fully saturated rings. The maximum Gasteiger partial charge on any atom is 0.343 e. The van der Waals surface area contributed by atoms with Crippen molar-refractivity contribution >= 4 is 41.8 Å². The van der Waals surface area contributed by atoms with Crippen LogP contribution in [0.15, 0.2) is 153 Å². The number of unbranched alkanes of at least 4 members (excludes halogenated alkanes) is 9. The normalized spacial score (nSPS) is 10.5. The smallest absolute Gasteiger partial charge is 0.343 e. The molecule has 5 aromatic carbocycles. The molecule has 0 unspecified atom stereocenters. The van der Waals surface area contributed by atoms with Crippen molar-refractivity contribution in [1.29, 1.82) is 0 Å². The van der Waals surface area contributed by atoms with Crippen molar-refractivity contribution in [2.45, 2.75) is 83.7 Å². The Morgan fingerprint density at radius 3 is 1.04 bits per heavy atom. The number of benzene rings is 5. The quantitative estimate of drug-likeness (QED) is 0.0120. The van der Waals surface area contributed by atoms with Gasteiger partial charge in [-0.2, -0.15) is 0 Å². The molecule has 5 rings (SSSR count). The van der Waals surface area contributed by atoms with Gasteiger partial charge >= 0.3 is 41.8 Å². The summed E-state index contributed by atoms with van der Waals surface area (Å²) >= 11 is 0. The molecule has 17 nitrogen and oxygen atoms in total. The van der Waals surface area contributed by atoms with E-state index in [-0.39, 0.29) is 40.5 Å². The van der Waals surface area contributed by atoms with Crippen LogP contribution in [0, 0.1) is 0 Å². The van der Waals surface area contributed by atoms with E-state index < -0.39 is 41.8 Å². The highest BCUT2D eigenvalue weighted by Gasteiger charge is 2.21. The third-order valence-electron chi connectivity index (χ3n) is 11.5. The van der Waals surface area contributed by atoms with E-state index in [0.717, 1.165) is 95.3 Å². The molecule has 79 heavy (non-hydrogen) atoms. The van der Waals surface area contributed by atoms with Gasteiger partial charge in [0.1, 0.15) is 46.7 Å². The van der Waals surface area contributed by atoms with Crippen molar-refractivity contribution < 1.29 is 80.9 Å². The van der Waals surface area contributed by atoms with Crippen LogP contribution in [0.1, 0.15) is 124 Å². The van der Waals surface area contributed by atoms with Crippen LogP contribution in [-0.4, -0.2) is 81.4 Å². The molecule has 0 aromatic heterocycles. The minimum atomic E-state index is -0.897. The predicted octanol–water partition coefficient (Wildman–Crippen LogP) is 11.7. The average molecular weight is 1080 g/mol. The maximum absolute atomic E-state index is 13.8. The lowest BCUT2D eigenvalue weighted by molar-refractivity contribution is -0.138. The Kier molecular flexibility index (Phi) is 26.7. The number of hydrogen-bond donors (Lipinski definition) is 0. The Morgan fingerprint density at radius 1 is 0.329 bits per heavy atom. The van der Waals surface area contributed by atoms with Gasteiger partial charge in [0.05, 0.1) is 56.3 Å². The van der Waals surface area contributed by atoms with Gasteiger partial charge in [0, 0.05) is 18.2 Å². The standard InChI is InChI=1S/C62H66O17/c1-4-56(63)73-40-16-10-7-13-37-70-49-29-21-46(22-30-49)59(66)77-52-27-19-45(20-28-52)44-76-62(69)54-43-53(78-60(67)47-23-31-50(32-24-47)71-38-14-8-11-17-41-74-57(64)5-2)35-36-55(54)79-61(68)48-25-33-51(34-26-48)72-39-15-9-12-18-42-75-58(65)6-3/h4-6,19-36,43H,1-3,7-18,37-42,44H2. The molecule has 416 valence electrons. The van der Waals surface area contributed by atoms with Crippen molar-refractivity contribution in [2.24, 2.45) is 0 Å². The number of ether oxygens (including phenoxy) is 10. The van der Waals surface area contributed by atoms with E-state index in [9.17, 15) is 33.6 Å². The molecule has 0 N–H and O–H groups in total. The zero-order valence-electron chi connectivity index (χ0n) is 44.2. The van der Waals surface area contributed by atoms with Crippen LogP contribution in [0.5, 0.6) is 34.5 Å². The Hall–Kier alpha value is -8.99. The molecule has 0 saturated heterocycles. The van der Waals surface area contributed by atoms with Crippen LogP contribution < -0.4 is 28.4 Å². The van der Waals surface area contributed by atoms with Crippen molar-refractivity contribution in [2.75, 3.05) is 39.6 Å². The summed E-state index contributed by atoms with van der Waals surface area (Å²) in [5.41, 5.74) is 1.01. The molecule has 17 heteroatoms. The number of rotatable bonds is 36. The van der Waals surface area contributed by atoms with E-state index in [0.29, 0.717) is 68.0 Å². The first kappa shape index (κ1) is 60.9. The summed E-state index contributed by atoms with van der Waals surface area (Å²) in [6.07, 6.45) is 13.2. The summed E-state index contributed by atoms with van der Waals surface area (Å²) in [5.74, 6) is -2.57. The van der Waals surface area contributed by atoms with Crippen LogP contribution >= 0.6 is 0 Å². The second kappa shape index (κ2) is 34.6. The van der Waals surface area contributed by atoms with Crippen molar-refractivity contribution in [3.05, 3.63) is 181 Å². The monoisotopic (exact) mass is 1080 g/mol. The third-order valence-corrected chi connectivity index (χ3v) is 11.5. The SMILES string of the molecule is C=CC(=O)OCCCCCCOc1ccc(C(=O)Oc2ccc(COC(=O)c3cc(OC(=O)c4ccc(OCCCCCCOC(=O)C=C)cc4)ccc3OC(=O)c3ccc(OCCCCCCOC(=O)C=C)cc3)cc2)cc1. The predicted molar refractivity (Wildman–Crippen MR) is 292 cm³/mol. The van der Waals surface area contributed by atoms with Crippen LogP contribution in [0.2, 0.25) is 0 Å². The highest BCUT2D eigenvalue weighted by Crippen LogP contribution is 2.28. The largest absolute Gasteiger partial charge is 0.494 e. The van der Waals surface area contributed by atoms with Crippen molar-refractivity contribution in [3.63, 3.8) is 0 Å². The zero-order chi connectivity index (χ0) is 56.5. The fourth-order valence-corrected chi connectivity index (χ4v) is 7.19. The Bertz CT molecular complexity index is 2780. The van der Waals surface area contributed by atoms with Crippen LogP contribution in [0.4, 0.5) is 0 Å². The van der Waals surface area contributed by atoms with Crippen LogP contribution in [-0.2, 0) is 39.9 Å². The molecule has 0 spiro atoms. The maximum atomic E-state index is 13.8. The molecule has 0 amide bonds. The lowest BCUT2D eigenvalue weighted by Crippen LogP contribution is -2.14. The van der Waals surface area contributed by atoms with Gasteiger partial charge in [-0.1, -0.05) is 31.9 Å². The minimum absolute atomic E-state index is 0.0312. The number of carbonyl (C=O) groups excluding carboxylic acids is 7. The lowest BCUT2D eigenvalue weighted by atomic mass is 10.1. The summed E-state index contributed by atoms with van der Waals surface area (Å²) in [5, 5.41) is 0. The number of hydrogen-bond acceptors (Lipinski definition) is 17. The van der Waals surface area contributed by atoms with Gasteiger partial charge in [0.2, 0.25) is 0 Å². The summed E-state index contributed by atoms with van der Waals surface area (Å²) in [6, 6.07) is 29.5. The Balaban J connectivity index is 1.15. The topological polar surface area (TPSA) is 212 Å². The van der Waals surface area contributed by atoms with Gasteiger partial charge < -0.3 is 47.4 Å². The summed E-state index contributed by atoms with van der Waals surface area (Å²) < 4.78 is 55.0. The summed E-state index contributed by atoms with van der Waals surface area (Å²) in [7, 11) is 0. The molecular weight excluding hydrogens is 1020 g/mol. The van der Waals surface area contributed by atoms with Crippen LogP contribution in [0.25, 0.3) is 0 Å². The highest BCUT2D eigenvalue weighted by molar-refractivity contribution is 5.97. The molecule has 5 aromatic rings. The summed E-state index contributed by atoms with van der Waals surface area (Å²) in [4.78, 5) is 87.0. The lowest BCUT2D eigenvalue weighted by Gasteiger charge is -2.13. The molecule has 0 saturated carbocycles. The van der Waals surface area contributed by atoms with E-state index >= 15 is 0 Å². The van der Waals surface area contributed by atoms with E-state index in [2.05, 4.69) is 19.7 Å². The number of carbonyl (C=O) groups is 7. The second-order valence-electron chi connectivity index (χ2n) is 17.5. The fraction of sp³-hybridized carbons (Fsp3) is 0.306. The van der Waals surface area contributed by atoms with Crippen molar-refractivity contribution in [1.82, 2.24) is 0 Å². The molecule has 0 aliphatic heterocycles. The van der Waals surface area contributed by atoms with Gasteiger partial charge in [-0.3, -0.25) is 0 Å². The van der Waals surface area contributed by atoms with Crippen LogP contribution in [0.3, 0.4) is 0 Å². The molecule has 0 aliphatic carbocycles. The minimum Gasteiger partial charge on any atom is -0.494 e. The third kappa shape index (κ3) is 23.0. The van der Waals surface area contributed by atoms with E-state index in [1.807, 2.05) is 0 Å². The fourth-order valence-electron chi connectivity index (χ4n) is 7.19. The van der Waals surface area contributed by atoms with Gasteiger partial charge in [-0.05, 0) is 186 Å². The number of esters is 7. The Labute approximate surface area is 460 Å². The van der Waals surface area contributed by atoms with E-state index in [1.165, 1.54) is 30.3 Å². The molecule has 0 aliphatic rings. The Morgan fingerprint density at radius 2 is 0.658 bits per heavy atom. The first-order chi connectivity index (χ1) is 38.4.